The Kier molecular flexibility index (Phi) is 10.2. The summed E-state index contributed by atoms with van der Waals surface area (Å²) in [4.78, 5) is 27.9. The average Bonchev–Trinajstić information content (AvgIpc) is 2.76. The van der Waals surface area contributed by atoms with Crippen LogP contribution in [-0.2, 0) is 22.6 Å². The molecule has 2 rings (SSSR count). The highest BCUT2D eigenvalue weighted by Gasteiger charge is 2.29. The summed E-state index contributed by atoms with van der Waals surface area (Å²) in [6.45, 7) is 4.83. The summed E-state index contributed by atoms with van der Waals surface area (Å²) in [5.74, 6) is 0.326. The number of hydrogen-bond acceptors (Lipinski definition) is 3. The molecule has 0 aliphatic heterocycles. The average molecular weight is 465 g/mol. The number of carbonyl (C=O) groups is 2. The first-order valence-electron chi connectivity index (χ1n) is 10.5. The molecule has 0 saturated heterocycles. The van der Waals surface area contributed by atoms with Gasteiger partial charge in [-0.2, -0.15) is 0 Å². The zero-order valence-corrected chi connectivity index (χ0v) is 19.8. The molecule has 2 aromatic rings. The summed E-state index contributed by atoms with van der Waals surface area (Å²) in [7, 11) is 1.59. The van der Waals surface area contributed by atoms with Crippen molar-refractivity contribution in [3.63, 3.8) is 0 Å². The van der Waals surface area contributed by atoms with E-state index in [-0.39, 0.29) is 24.8 Å². The van der Waals surface area contributed by atoms with Crippen molar-refractivity contribution < 1.29 is 14.3 Å². The fourth-order valence-corrected chi connectivity index (χ4v) is 3.88. The highest BCUT2D eigenvalue weighted by atomic mass is 35.5. The maximum atomic E-state index is 13.4. The Bertz CT molecular complexity index is 869. The normalized spacial score (nSPS) is 11.6. The van der Waals surface area contributed by atoms with Crippen LogP contribution < -0.4 is 10.1 Å². The van der Waals surface area contributed by atoms with Gasteiger partial charge in [-0.05, 0) is 48.2 Å². The molecule has 1 atom stereocenters. The molecule has 5 nitrogen and oxygen atoms in total. The molecule has 0 radical (unpaired) electrons. The lowest BCUT2D eigenvalue weighted by atomic mass is 10.1. The third kappa shape index (κ3) is 7.15. The van der Waals surface area contributed by atoms with Crippen molar-refractivity contribution in [3.05, 3.63) is 63.6 Å². The number of nitrogens with one attached hydrogen (secondary N) is 1. The van der Waals surface area contributed by atoms with Gasteiger partial charge in [-0.25, -0.2) is 0 Å². The van der Waals surface area contributed by atoms with Crippen molar-refractivity contribution in [1.29, 1.82) is 0 Å². The Balaban J connectivity index is 2.32. The van der Waals surface area contributed by atoms with E-state index in [0.29, 0.717) is 34.3 Å². The van der Waals surface area contributed by atoms with Gasteiger partial charge in [0.25, 0.3) is 0 Å². The van der Waals surface area contributed by atoms with E-state index in [0.717, 1.165) is 18.4 Å². The minimum Gasteiger partial charge on any atom is -0.497 e. The highest BCUT2D eigenvalue weighted by molar-refractivity contribution is 6.36. The molecule has 2 aromatic carbocycles. The molecular formula is C24H30Cl2N2O3. The number of halogens is 2. The van der Waals surface area contributed by atoms with Crippen LogP contribution in [0.4, 0.5) is 0 Å². The number of carbonyl (C=O) groups excluding carboxylic acids is 2. The monoisotopic (exact) mass is 464 g/mol. The molecule has 0 bridgehead atoms. The molecule has 1 N–H and O–H groups in total. The van der Waals surface area contributed by atoms with Gasteiger partial charge in [0.15, 0.2) is 0 Å². The van der Waals surface area contributed by atoms with Crippen LogP contribution >= 0.6 is 23.2 Å². The van der Waals surface area contributed by atoms with Gasteiger partial charge in [0.2, 0.25) is 11.8 Å². The predicted molar refractivity (Wildman–Crippen MR) is 126 cm³/mol. The molecule has 0 saturated carbocycles. The zero-order chi connectivity index (χ0) is 22.8. The second-order valence-electron chi connectivity index (χ2n) is 7.32. The zero-order valence-electron chi connectivity index (χ0n) is 18.3. The summed E-state index contributed by atoms with van der Waals surface area (Å²) in [6.07, 6.45) is 2.38. The number of benzene rings is 2. The smallest absolute Gasteiger partial charge is 0.242 e. The molecule has 31 heavy (non-hydrogen) atoms. The minimum absolute atomic E-state index is 0.0151. The maximum Gasteiger partial charge on any atom is 0.242 e. The SMILES string of the molecule is CCCCNC(=O)[C@@H](CC)N(Cc1cccc(OC)c1)C(=O)Cc1c(Cl)cccc1Cl. The van der Waals surface area contributed by atoms with E-state index in [1.165, 1.54) is 0 Å². The summed E-state index contributed by atoms with van der Waals surface area (Å²) < 4.78 is 5.31. The Morgan fingerprint density at radius 1 is 1.10 bits per heavy atom. The number of ether oxygens (including phenoxy) is 1. The van der Waals surface area contributed by atoms with E-state index >= 15 is 0 Å². The van der Waals surface area contributed by atoms with Gasteiger partial charge in [0.1, 0.15) is 11.8 Å². The van der Waals surface area contributed by atoms with Crippen molar-refractivity contribution in [3.8, 4) is 5.75 Å². The quantitative estimate of drug-likeness (QED) is 0.460. The van der Waals surface area contributed by atoms with Gasteiger partial charge in [-0.15, -0.1) is 0 Å². The number of unbranched alkanes of at least 4 members (excludes halogenated alkanes) is 1. The van der Waals surface area contributed by atoms with Crippen LogP contribution in [-0.4, -0.2) is 36.4 Å². The lowest BCUT2D eigenvalue weighted by Gasteiger charge is -2.31. The van der Waals surface area contributed by atoms with Gasteiger partial charge in [0, 0.05) is 23.1 Å². The second kappa shape index (κ2) is 12.6. The lowest BCUT2D eigenvalue weighted by Crippen LogP contribution is -2.49. The molecule has 7 heteroatoms. The maximum absolute atomic E-state index is 13.4. The largest absolute Gasteiger partial charge is 0.497 e. The molecule has 0 fully saturated rings. The third-order valence-corrected chi connectivity index (χ3v) is 5.80. The first-order valence-corrected chi connectivity index (χ1v) is 11.3. The first-order chi connectivity index (χ1) is 14.9. The number of methoxy groups -OCH3 is 1. The van der Waals surface area contributed by atoms with Gasteiger partial charge in [-0.3, -0.25) is 9.59 Å². The Hall–Kier alpha value is -2.24. The van der Waals surface area contributed by atoms with Crippen molar-refractivity contribution in [2.45, 2.75) is 52.1 Å². The second-order valence-corrected chi connectivity index (χ2v) is 8.13. The van der Waals surface area contributed by atoms with E-state index < -0.39 is 6.04 Å². The standard InChI is InChI=1S/C24H30Cl2N2O3/c1-4-6-13-27-24(30)22(5-2)28(16-17-9-7-10-18(14-17)31-3)23(29)15-19-20(25)11-8-12-21(19)26/h7-12,14,22H,4-6,13,15-16H2,1-3H3,(H,27,30)/t22-/m1/s1. The van der Waals surface area contributed by atoms with E-state index in [9.17, 15) is 9.59 Å². The highest BCUT2D eigenvalue weighted by Crippen LogP contribution is 2.26. The number of nitrogens with zero attached hydrogens (tertiary/aromatic N) is 1. The van der Waals surface area contributed by atoms with E-state index in [2.05, 4.69) is 12.2 Å². The molecule has 0 aliphatic rings. The van der Waals surface area contributed by atoms with Gasteiger partial charge in [0.05, 0.1) is 13.5 Å². The fraction of sp³-hybridized carbons (Fsp3) is 0.417. The Morgan fingerprint density at radius 2 is 1.77 bits per heavy atom. The van der Waals surface area contributed by atoms with Gasteiger partial charge < -0.3 is 15.0 Å². The molecule has 0 unspecified atom stereocenters. The summed E-state index contributed by atoms with van der Waals surface area (Å²) in [5.41, 5.74) is 1.44. The van der Waals surface area contributed by atoms with Crippen LogP contribution in [0.5, 0.6) is 5.75 Å². The van der Waals surface area contributed by atoms with E-state index in [1.54, 1.807) is 30.2 Å². The van der Waals surface area contributed by atoms with E-state index in [4.69, 9.17) is 27.9 Å². The van der Waals surface area contributed by atoms with Crippen molar-refractivity contribution in [2.75, 3.05) is 13.7 Å². The minimum atomic E-state index is -0.600. The fourth-order valence-electron chi connectivity index (χ4n) is 3.35. The Morgan fingerprint density at radius 3 is 2.39 bits per heavy atom. The molecule has 0 spiro atoms. The van der Waals surface area contributed by atoms with Crippen LogP contribution in [0.3, 0.4) is 0 Å². The number of rotatable bonds is 11. The topological polar surface area (TPSA) is 58.6 Å². The van der Waals surface area contributed by atoms with Gasteiger partial charge >= 0.3 is 0 Å². The van der Waals surface area contributed by atoms with Crippen LogP contribution in [0, 0.1) is 0 Å². The molecule has 0 heterocycles. The predicted octanol–water partition coefficient (Wildman–Crippen LogP) is 5.27. The van der Waals surface area contributed by atoms with E-state index in [1.807, 2.05) is 31.2 Å². The lowest BCUT2D eigenvalue weighted by molar-refractivity contribution is -0.140. The summed E-state index contributed by atoms with van der Waals surface area (Å²) in [5, 5.41) is 3.82. The van der Waals surface area contributed by atoms with Crippen LogP contribution in [0.2, 0.25) is 10.0 Å². The molecule has 168 valence electrons. The number of amides is 2. The van der Waals surface area contributed by atoms with Crippen LogP contribution in [0.25, 0.3) is 0 Å². The molecule has 0 aliphatic carbocycles. The van der Waals surface area contributed by atoms with Gasteiger partial charge in [-0.1, -0.05) is 61.7 Å². The third-order valence-electron chi connectivity index (χ3n) is 5.09. The molecule has 2 amide bonds. The summed E-state index contributed by atoms with van der Waals surface area (Å²) >= 11 is 12.6. The van der Waals surface area contributed by atoms with Crippen LogP contribution in [0.15, 0.2) is 42.5 Å². The first kappa shape index (κ1) is 25.0. The van der Waals surface area contributed by atoms with Crippen molar-refractivity contribution >= 4 is 35.0 Å². The van der Waals surface area contributed by atoms with Crippen molar-refractivity contribution in [2.24, 2.45) is 0 Å². The van der Waals surface area contributed by atoms with Crippen molar-refractivity contribution in [1.82, 2.24) is 10.2 Å². The summed E-state index contributed by atoms with van der Waals surface area (Å²) in [6, 6.07) is 12.0. The Labute approximate surface area is 194 Å². The molecular weight excluding hydrogens is 435 g/mol. The number of hydrogen-bond donors (Lipinski definition) is 1. The van der Waals surface area contributed by atoms with Crippen LogP contribution in [0.1, 0.15) is 44.2 Å². The molecule has 0 aromatic heterocycles.